The maximum atomic E-state index is 12.0. The van der Waals surface area contributed by atoms with Crippen LogP contribution in [-0.2, 0) is 11.8 Å². The van der Waals surface area contributed by atoms with Gasteiger partial charge in [0.1, 0.15) is 5.75 Å². The number of likely N-dealkylation sites (tertiary alicyclic amines) is 1. The third-order valence-corrected chi connectivity index (χ3v) is 6.86. The number of ether oxygens (including phenoxy) is 1. The number of amides is 1. The number of halogens is 1. The van der Waals surface area contributed by atoms with Crippen molar-refractivity contribution in [3.8, 4) is 5.75 Å². The van der Waals surface area contributed by atoms with Gasteiger partial charge in [-0.25, -0.2) is 4.79 Å². The van der Waals surface area contributed by atoms with Crippen molar-refractivity contribution >= 4 is 23.1 Å². The van der Waals surface area contributed by atoms with Gasteiger partial charge in [-0.15, -0.1) is 23.6 Å². The van der Waals surface area contributed by atoms with Gasteiger partial charge >= 0.3 is 6.09 Å². The summed E-state index contributed by atoms with van der Waals surface area (Å²) < 4.78 is 5.58. The van der Waals surface area contributed by atoms with Crippen molar-refractivity contribution in [2.75, 3.05) is 27.2 Å². The summed E-state index contributed by atoms with van der Waals surface area (Å²) in [4.78, 5) is 16.1. The highest BCUT2D eigenvalue weighted by atomic mass is 79.9. The van der Waals surface area contributed by atoms with E-state index in [2.05, 4.69) is 29.7 Å². The smallest absolute Gasteiger partial charge is 0.410 e. The van der Waals surface area contributed by atoms with Gasteiger partial charge in [0.2, 0.25) is 0 Å². The summed E-state index contributed by atoms with van der Waals surface area (Å²) >= 11 is 0. The quantitative estimate of drug-likeness (QED) is 0.653. The van der Waals surface area contributed by atoms with Gasteiger partial charge in [-0.3, -0.25) is 4.90 Å². The van der Waals surface area contributed by atoms with Crippen molar-refractivity contribution in [3.05, 3.63) is 42.0 Å². The third-order valence-electron chi connectivity index (χ3n) is 6.86. The standard InChI is InChI=1S/C22H30N2O2.BrH/c1-4-12-24-13-11-22-10-6-5-7-18(22)20(24)14-16-8-9-17(15-19(16)22)26-21(25)23(2)3;/h4,8-9,15,18,20H,1,5-7,10-14H2,2-3H3;1H/t18-,20+,22+;/m0./s1. The second-order valence-corrected chi connectivity index (χ2v) is 8.39. The molecule has 1 aliphatic heterocycles. The summed E-state index contributed by atoms with van der Waals surface area (Å²) in [5, 5.41) is 0. The molecule has 0 radical (unpaired) electrons. The Balaban J connectivity index is 0.00000210. The minimum Gasteiger partial charge on any atom is -0.410 e. The third kappa shape index (κ3) is 3.44. The van der Waals surface area contributed by atoms with Crippen LogP contribution < -0.4 is 4.74 Å². The van der Waals surface area contributed by atoms with Crippen molar-refractivity contribution < 1.29 is 9.53 Å². The molecule has 1 amide bonds. The number of hydrogen-bond donors (Lipinski definition) is 0. The van der Waals surface area contributed by atoms with Crippen LogP contribution in [0.5, 0.6) is 5.75 Å². The van der Waals surface area contributed by atoms with Crippen LogP contribution in [0, 0.1) is 5.92 Å². The molecule has 1 saturated heterocycles. The molecule has 3 atom stereocenters. The zero-order valence-corrected chi connectivity index (χ0v) is 18.2. The first kappa shape index (κ1) is 20.4. The second kappa shape index (κ2) is 7.96. The summed E-state index contributed by atoms with van der Waals surface area (Å²) in [6, 6.07) is 6.97. The van der Waals surface area contributed by atoms with Crippen molar-refractivity contribution in [2.24, 2.45) is 5.92 Å². The topological polar surface area (TPSA) is 32.8 Å². The maximum Gasteiger partial charge on any atom is 0.414 e. The highest BCUT2D eigenvalue weighted by molar-refractivity contribution is 8.93. The van der Waals surface area contributed by atoms with Crippen LogP contribution in [0.3, 0.4) is 0 Å². The molecule has 2 bridgehead atoms. The summed E-state index contributed by atoms with van der Waals surface area (Å²) in [6.45, 7) is 6.10. The second-order valence-electron chi connectivity index (χ2n) is 8.39. The lowest BCUT2D eigenvalue weighted by molar-refractivity contribution is -0.00517. The highest BCUT2D eigenvalue weighted by Gasteiger charge is 2.53. The van der Waals surface area contributed by atoms with E-state index < -0.39 is 0 Å². The lowest BCUT2D eigenvalue weighted by Crippen LogP contribution is -2.60. The molecule has 1 aromatic rings. The number of hydrogen-bond acceptors (Lipinski definition) is 3. The van der Waals surface area contributed by atoms with Crippen LogP contribution in [0.1, 0.15) is 43.2 Å². The summed E-state index contributed by atoms with van der Waals surface area (Å²) in [7, 11) is 3.44. The van der Waals surface area contributed by atoms with Crippen LogP contribution in [-0.4, -0.2) is 49.1 Å². The molecule has 0 N–H and O–H groups in total. The van der Waals surface area contributed by atoms with Gasteiger partial charge in [0.05, 0.1) is 0 Å². The zero-order valence-electron chi connectivity index (χ0n) is 16.4. The lowest BCUT2D eigenvalue weighted by Gasteiger charge is -2.59. The van der Waals surface area contributed by atoms with E-state index in [1.165, 1.54) is 48.1 Å². The van der Waals surface area contributed by atoms with Gasteiger partial charge in [-0.1, -0.05) is 25.0 Å². The minimum atomic E-state index is -0.308. The first-order chi connectivity index (χ1) is 12.5. The molecule has 1 heterocycles. The van der Waals surface area contributed by atoms with Crippen molar-refractivity contribution in [1.29, 1.82) is 0 Å². The number of benzene rings is 1. The first-order valence-electron chi connectivity index (χ1n) is 9.92. The van der Waals surface area contributed by atoms with E-state index in [9.17, 15) is 4.79 Å². The van der Waals surface area contributed by atoms with E-state index in [1.54, 1.807) is 14.1 Å². The summed E-state index contributed by atoms with van der Waals surface area (Å²) in [5.41, 5.74) is 3.18. The Kier molecular flexibility index (Phi) is 6.02. The predicted molar refractivity (Wildman–Crippen MR) is 114 cm³/mol. The maximum absolute atomic E-state index is 12.0. The summed E-state index contributed by atoms with van der Waals surface area (Å²) in [5.74, 6) is 1.41. The van der Waals surface area contributed by atoms with Gasteiger partial charge in [-0.2, -0.15) is 0 Å². The van der Waals surface area contributed by atoms with Crippen LogP contribution in [0.2, 0.25) is 0 Å². The van der Waals surface area contributed by atoms with Crippen molar-refractivity contribution in [1.82, 2.24) is 9.80 Å². The molecular weight excluding hydrogens is 404 g/mol. The highest BCUT2D eigenvalue weighted by Crippen LogP contribution is 2.56. The fourth-order valence-corrected chi connectivity index (χ4v) is 5.71. The molecule has 4 rings (SSSR count). The monoisotopic (exact) mass is 434 g/mol. The van der Waals surface area contributed by atoms with Gasteiger partial charge in [0.15, 0.2) is 0 Å². The van der Waals surface area contributed by atoms with E-state index in [1.807, 2.05) is 6.07 Å². The Morgan fingerprint density at radius 2 is 2.19 bits per heavy atom. The zero-order chi connectivity index (χ0) is 18.3. The molecule has 2 fully saturated rings. The number of carbonyl (C=O) groups is 1. The van der Waals surface area contributed by atoms with Gasteiger partial charge < -0.3 is 9.64 Å². The largest absolute Gasteiger partial charge is 0.414 e. The number of fused-ring (bicyclic) bond motifs is 1. The Bertz CT molecular complexity index is 720. The fraction of sp³-hybridized carbons (Fsp3) is 0.591. The molecular formula is C22H31BrN2O2. The molecule has 3 aliphatic rings. The number of nitrogens with zero attached hydrogens (tertiary/aromatic N) is 2. The van der Waals surface area contributed by atoms with E-state index in [-0.39, 0.29) is 28.5 Å². The first-order valence-corrected chi connectivity index (χ1v) is 9.92. The molecule has 4 nitrogen and oxygen atoms in total. The van der Waals surface area contributed by atoms with Crippen molar-refractivity contribution in [2.45, 2.75) is 50.0 Å². The molecule has 1 aromatic carbocycles. The minimum absolute atomic E-state index is 0. The number of rotatable bonds is 3. The SMILES string of the molecule is Br.C=CCN1CC[C@]23CCCC[C@H]2[C@H]1Cc1ccc(OC(=O)N(C)C)cc13. The molecule has 0 unspecified atom stereocenters. The molecule has 1 saturated carbocycles. The average Bonchev–Trinajstić information content (AvgIpc) is 2.64. The lowest BCUT2D eigenvalue weighted by atomic mass is 9.52. The predicted octanol–water partition coefficient (Wildman–Crippen LogP) is 4.57. The van der Waals surface area contributed by atoms with Crippen LogP contribution in [0.4, 0.5) is 4.79 Å². The van der Waals surface area contributed by atoms with Gasteiger partial charge in [-0.05, 0) is 61.4 Å². The van der Waals surface area contributed by atoms with E-state index in [4.69, 9.17) is 4.74 Å². The van der Waals surface area contributed by atoms with Gasteiger partial charge in [0, 0.05) is 32.1 Å². The van der Waals surface area contributed by atoms with Gasteiger partial charge in [0.25, 0.3) is 0 Å². The fourth-order valence-electron chi connectivity index (χ4n) is 5.71. The molecule has 2 aliphatic carbocycles. The number of carbonyl (C=O) groups excluding carboxylic acids is 1. The average molecular weight is 435 g/mol. The molecule has 27 heavy (non-hydrogen) atoms. The van der Waals surface area contributed by atoms with E-state index in [0.717, 1.165) is 25.4 Å². The molecule has 0 spiro atoms. The molecule has 5 heteroatoms. The Labute approximate surface area is 173 Å². The van der Waals surface area contributed by atoms with E-state index >= 15 is 0 Å². The normalized spacial score (nSPS) is 29.0. The summed E-state index contributed by atoms with van der Waals surface area (Å²) in [6.07, 6.45) is 9.30. The van der Waals surface area contributed by atoms with Crippen molar-refractivity contribution in [3.63, 3.8) is 0 Å². The molecule has 148 valence electrons. The molecule has 0 aromatic heterocycles. The Morgan fingerprint density at radius 3 is 2.93 bits per heavy atom. The van der Waals surface area contributed by atoms with Crippen LogP contribution in [0.15, 0.2) is 30.9 Å². The number of piperidine rings is 1. The van der Waals surface area contributed by atoms with Crippen LogP contribution >= 0.6 is 17.0 Å². The Hall–Kier alpha value is -1.33. The Morgan fingerprint density at radius 1 is 1.37 bits per heavy atom. The van der Waals surface area contributed by atoms with Crippen LogP contribution in [0.25, 0.3) is 0 Å². The van der Waals surface area contributed by atoms with E-state index in [0.29, 0.717) is 11.8 Å².